The van der Waals surface area contributed by atoms with Crippen LogP contribution in [-0.4, -0.2) is 9.97 Å². The number of benzene rings is 2. The van der Waals surface area contributed by atoms with Gasteiger partial charge in [0.15, 0.2) is 0 Å². The van der Waals surface area contributed by atoms with Crippen molar-refractivity contribution in [3.05, 3.63) is 94.9 Å². The molecule has 26 heavy (non-hydrogen) atoms. The first-order valence-electron chi connectivity index (χ1n) is 8.96. The molecule has 0 aliphatic rings. The Kier molecular flexibility index (Phi) is 4.21. The summed E-state index contributed by atoms with van der Waals surface area (Å²) in [4.78, 5) is 8.18. The number of para-hydroxylation sites is 1. The van der Waals surface area contributed by atoms with Crippen LogP contribution >= 0.6 is 0 Å². The third-order valence-electron chi connectivity index (χ3n) is 5.12. The Morgan fingerprint density at radius 3 is 2.50 bits per heavy atom. The number of hydrogen-bond donors (Lipinski definition) is 2. The van der Waals surface area contributed by atoms with Crippen LogP contribution in [0, 0.1) is 20.8 Å². The van der Waals surface area contributed by atoms with Crippen LogP contribution in [0.2, 0.25) is 0 Å². The number of aromatic nitrogens is 2. The smallest absolute Gasteiger partial charge is 0.0963 e. The maximum absolute atomic E-state index is 4.65. The number of aromatic amines is 1. The molecule has 0 fully saturated rings. The molecular formula is C23H23N3. The van der Waals surface area contributed by atoms with Gasteiger partial charge in [0.1, 0.15) is 0 Å². The quantitative estimate of drug-likeness (QED) is 0.500. The van der Waals surface area contributed by atoms with Crippen molar-refractivity contribution in [1.29, 1.82) is 0 Å². The van der Waals surface area contributed by atoms with Crippen LogP contribution in [0.25, 0.3) is 10.9 Å². The largest absolute Gasteiger partial charge is 0.372 e. The highest BCUT2D eigenvalue weighted by molar-refractivity contribution is 5.86. The van der Waals surface area contributed by atoms with Crippen molar-refractivity contribution in [2.24, 2.45) is 0 Å². The number of aryl methyl sites for hydroxylation is 2. The number of pyridine rings is 1. The van der Waals surface area contributed by atoms with E-state index in [-0.39, 0.29) is 6.04 Å². The van der Waals surface area contributed by atoms with E-state index in [1.165, 1.54) is 27.8 Å². The molecule has 1 atom stereocenters. The van der Waals surface area contributed by atoms with Crippen LogP contribution in [0.15, 0.2) is 66.9 Å². The van der Waals surface area contributed by atoms with Gasteiger partial charge >= 0.3 is 0 Å². The van der Waals surface area contributed by atoms with E-state index in [2.05, 4.69) is 84.6 Å². The van der Waals surface area contributed by atoms with E-state index in [1.807, 2.05) is 18.3 Å². The Balaban J connectivity index is 1.89. The molecule has 0 unspecified atom stereocenters. The van der Waals surface area contributed by atoms with Gasteiger partial charge < -0.3 is 10.3 Å². The Bertz CT molecular complexity index is 1050. The second-order valence-electron chi connectivity index (χ2n) is 6.79. The molecule has 2 heterocycles. The number of rotatable bonds is 4. The lowest BCUT2D eigenvalue weighted by molar-refractivity contribution is 0.881. The molecule has 0 aliphatic heterocycles. The van der Waals surface area contributed by atoms with Gasteiger partial charge in [-0.2, -0.15) is 0 Å². The zero-order valence-electron chi connectivity index (χ0n) is 15.4. The van der Waals surface area contributed by atoms with E-state index in [0.717, 1.165) is 16.9 Å². The predicted molar refractivity (Wildman–Crippen MR) is 109 cm³/mol. The van der Waals surface area contributed by atoms with Crippen LogP contribution in [0.4, 0.5) is 5.69 Å². The summed E-state index contributed by atoms with van der Waals surface area (Å²) < 4.78 is 0. The molecule has 0 saturated carbocycles. The molecule has 2 aromatic carbocycles. The summed E-state index contributed by atoms with van der Waals surface area (Å²) in [5, 5.41) is 4.99. The zero-order valence-corrected chi connectivity index (χ0v) is 15.4. The SMILES string of the molecule is Cc1cccc(N[C@H](c2ccccn2)c2c(C)[nH]c3ccccc23)c1C. The lowest BCUT2D eigenvalue weighted by Crippen LogP contribution is -2.15. The van der Waals surface area contributed by atoms with Crippen LogP contribution in [-0.2, 0) is 0 Å². The Hall–Kier alpha value is -3.07. The van der Waals surface area contributed by atoms with Crippen molar-refractivity contribution in [3.8, 4) is 0 Å². The third kappa shape index (κ3) is 2.86. The highest BCUT2D eigenvalue weighted by Gasteiger charge is 2.22. The van der Waals surface area contributed by atoms with E-state index in [4.69, 9.17) is 0 Å². The molecule has 0 aliphatic carbocycles. The minimum atomic E-state index is -0.0205. The van der Waals surface area contributed by atoms with Gasteiger partial charge in [-0.15, -0.1) is 0 Å². The van der Waals surface area contributed by atoms with Gasteiger partial charge in [0, 0.05) is 34.0 Å². The summed E-state index contributed by atoms with van der Waals surface area (Å²) in [6.07, 6.45) is 1.86. The average Bonchev–Trinajstić information content (AvgIpc) is 2.99. The van der Waals surface area contributed by atoms with Crippen molar-refractivity contribution in [2.45, 2.75) is 26.8 Å². The second-order valence-corrected chi connectivity index (χ2v) is 6.79. The van der Waals surface area contributed by atoms with E-state index in [0.29, 0.717) is 0 Å². The van der Waals surface area contributed by atoms with Gasteiger partial charge in [-0.25, -0.2) is 0 Å². The van der Waals surface area contributed by atoms with Gasteiger partial charge in [-0.05, 0) is 56.2 Å². The third-order valence-corrected chi connectivity index (χ3v) is 5.12. The Labute approximate surface area is 154 Å². The molecule has 0 spiro atoms. The number of anilines is 1. The fourth-order valence-corrected chi connectivity index (χ4v) is 3.57. The minimum absolute atomic E-state index is 0.0205. The number of nitrogens with zero attached hydrogens (tertiary/aromatic N) is 1. The molecule has 4 rings (SSSR count). The molecule has 0 amide bonds. The van der Waals surface area contributed by atoms with Crippen molar-refractivity contribution in [1.82, 2.24) is 9.97 Å². The molecule has 0 radical (unpaired) electrons. The van der Waals surface area contributed by atoms with Crippen molar-refractivity contribution in [3.63, 3.8) is 0 Å². The van der Waals surface area contributed by atoms with E-state index in [9.17, 15) is 0 Å². The van der Waals surface area contributed by atoms with Gasteiger partial charge in [0.25, 0.3) is 0 Å². The van der Waals surface area contributed by atoms with Crippen LogP contribution in [0.5, 0.6) is 0 Å². The number of H-pyrrole nitrogens is 1. The maximum Gasteiger partial charge on any atom is 0.0963 e. The van der Waals surface area contributed by atoms with Crippen LogP contribution < -0.4 is 5.32 Å². The van der Waals surface area contributed by atoms with Gasteiger partial charge in [-0.3, -0.25) is 4.98 Å². The van der Waals surface area contributed by atoms with Crippen molar-refractivity contribution < 1.29 is 0 Å². The van der Waals surface area contributed by atoms with Crippen LogP contribution in [0.3, 0.4) is 0 Å². The molecule has 3 nitrogen and oxygen atoms in total. The fraction of sp³-hybridized carbons (Fsp3) is 0.174. The monoisotopic (exact) mass is 341 g/mol. The first kappa shape index (κ1) is 16.4. The highest BCUT2D eigenvalue weighted by atomic mass is 15.0. The Morgan fingerprint density at radius 2 is 1.69 bits per heavy atom. The summed E-state index contributed by atoms with van der Waals surface area (Å²) in [5.41, 5.74) is 8.28. The van der Waals surface area contributed by atoms with Crippen molar-refractivity contribution in [2.75, 3.05) is 5.32 Å². The molecule has 4 aromatic rings. The topological polar surface area (TPSA) is 40.7 Å². The lowest BCUT2D eigenvalue weighted by Gasteiger charge is -2.22. The molecular weight excluding hydrogens is 318 g/mol. The van der Waals surface area contributed by atoms with Gasteiger partial charge in [-0.1, -0.05) is 36.4 Å². The number of nitrogens with one attached hydrogen (secondary N) is 2. The molecule has 2 N–H and O–H groups in total. The molecule has 0 saturated heterocycles. The average molecular weight is 341 g/mol. The standard InChI is InChI=1S/C23H23N3/c1-15-9-8-13-19(16(15)2)26-23(21-12-6-7-14-24-21)22-17(3)25-20-11-5-4-10-18(20)22/h4-14,23,25-26H,1-3H3/t23-/m1/s1. The zero-order chi connectivity index (χ0) is 18.1. The minimum Gasteiger partial charge on any atom is -0.372 e. The molecule has 130 valence electrons. The second kappa shape index (κ2) is 6.68. The highest BCUT2D eigenvalue weighted by Crippen LogP contribution is 2.34. The van der Waals surface area contributed by atoms with E-state index >= 15 is 0 Å². The van der Waals surface area contributed by atoms with Gasteiger partial charge in [0.2, 0.25) is 0 Å². The predicted octanol–water partition coefficient (Wildman–Crippen LogP) is 5.69. The van der Waals surface area contributed by atoms with E-state index in [1.54, 1.807) is 0 Å². The lowest BCUT2D eigenvalue weighted by atomic mass is 9.98. The fourth-order valence-electron chi connectivity index (χ4n) is 3.57. The summed E-state index contributed by atoms with van der Waals surface area (Å²) in [6, 6.07) is 20.9. The summed E-state index contributed by atoms with van der Waals surface area (Å²) in [5.74, 6) is 0. The maximum atomic E-state index is 4.65. The number of hydrogen-bond acceptors (Lipinski definition) is 2. The molecule has 3 heteroatoms. The van der Waals surface area contributed by atoms with Crippen molar-refractivity contribution >= 4 is 16.6 Å². The Morgan fingerprint density at radius 1 is 0.885 bits per heavy atom. The number of fused-ring (bicyclic) bond motifs is 1. The first-order chi connectivity index (χ1) is 12.6. The van der Waals surface area contributed by atoms with Crippen LogP contribution in [0.1, 0.15) is 34.1 Å². The normalized spacial score (nSPS) is 12.3. The molecule has 2 aromatic heterocycles. The van der Waals surface area contributed by atoms with Gasteiger partial charge in [0.05, 0.1) is 11.7 Å². The van der Waals surface area contributed by atoms with E-state index < -0.39 is 0 Å². The first-order valence-corrected chi connectivity index (χ1v) is 8.96. The molecule has 0 bridgehead atoms. The summed E-state index contributed by atoms with van der Waals surface area (Å²) in [7, 11) is 0. The summed E-state index contributed by atoms with van der Waals surface area (Å²) in [6.45, 7) is 6.44. The summed E-state index contributed by atoms with van der Waals surface area (Å²) >= 11 is 0.